The molecule has 2 heterocycles. The molecule has 5 nitrogen and oxygen atoms in total. The monoisotopic (exact) mass is 247 g/mol. The van der Waals surface area contributed by atoms with E-state index < -0.39 is 0 Å². The summed E-state index contributed by atoms with van der Waals surface area (Å²) in [7, 11) is 0. The first-order valence-corrected chi connectivity index (χ1v) is 6.39. The number of fused-ring (bicyclic) bond motifs is 1. The molecule has 3 rings (SSSR count). The maximum Gasteiger partial charge on any atom is 0.271 e. The Bertz CT molecular complexity index is 489. The molecule has 2 aliphatic heterocycles. The number of nitrogens with zero attached hydrogens (tertiary/aromatic N) is 2. The van der Waals surface area contributed by atoms with Crippen molar-refractivity contribution in [2.24, 2.45) is 5.92 Å². The van der Waals surface area contributed by atoms with Crippen LogP contribution >= 0.6 is 0 Å². The first kappa shape index (κ1) is 11.5. The number of rotatable bonds is 2. The highest BCUT2D eigenvalue weighted by molar-refractivity contribution is 5.60. The molecule has 0 amide bonds. The first-order valence-electron chi connectivity index (χ1n) is 6.39. The Morgan fingerprint density at radius 1 is 1.44 bits per heavy atom. The fraction of sp³-hybridized carbons (Fsp3) is 0.538. The molecular weight excluding hydrogens is 230 g/mol. The number of anilines is 1. The van der Waals surface area contributed by atoms with E-state index in [2.05, 4.69) is 10.2 Å². The lowest BCUT2D eigenvalue weighted by Crippen LogP contribution is -2.34. The minimum Gasteiger partial charge on any atom is -0.367 e. The van der Waals surface area contributed by atoms with Gasteiger partial charge in [-0.15, -0.1) is 0 Å². The maximum absolute atomic E-state index is 10.9. The van der Waals surface area contributed by atoms with Gasteiger partial charge >= 0.3 is 0 Å². The minimum absolute atomic E-state index is 0.185. The summed E-state index contributed by atoms with van der Waals surface area (Å²) < 4.78 is 0. The number of hydrogen-bond acceptors (Lipinski definition) is 4. The first-order chi connectivity index (χ1) is 8.66. The molecule has 96 valence electrons. The van der Waals surface area contributed by atoms with Gasteiger partial charge < -0.3 is 10.2 Å². The Hall–Kier alpha value is -1.62. The number of non-ortho nitro benzene ring substituents is 1. The van der Waals surface area contributed by atoms with Crippen molar-refractivity contribution >= 4 is 11.4 Å². The zero-order chi connectivity index (χ0) is 12.7. The van der Waals surface area contributed by atoms with E-state index in [4.69, 9.17) is 0 Å². The van der Waals surface area contributed by atoms with E-state index in [-0.39, 0.29) is 10.6 Å². The molecule has 2 saturated heterocycles. The molecule has 5 heteroatoms. The maximum atomic E-state index is 10.9. The molecule has 0 aromatic heterocycles. The fourth-order valence-corrected chi connectivity index (χ4v) is 3.17. The predicted octanol–water partition coefficient (Wildman–Crippen LogP) is 1.70. The van der Waals surface area contributed by atoms with Gasteiger partial charge in [-0.25, -0.2) is 0 Å². The van der Waals surface area contributed by atoms with E-state index in [0.717, 1.165) is 30.9 Å². The Balaban J connectivity index is 1.96. The Morgan fingerprint density at radius 2 is 2.28 bits per heavy atom. The van der Waals surface area contributed by atoms with Crippen molar-refractivity contribution in [3.05, 3.63) is 33.9 Å². The highest BCUT2D eigenvalue weighted by Gasteiger charge is 2.38. The van der Waals surface area contributed by atoms with E-state index in [9.17, 15) is 10.1 Å². The minimum atomic E-state index is -0.316. The van der Waals surface area contributed by atoms with Crippen LogP contribution in [0.25, 0.3) is 0 Å². The van der Waals surface area contributed by atoms with Crippen LogP contribution in [0, 0.1) is 23.0 Å². The number of nitro groups is 1. The summed E-state index contributed by atoms with van der Waals surface area (Å²) in [5, 5.41) is 14.3. The molecule has 1 N–H and O–H groups in total. The fourth-order valence-electron chi connectivity index (χ4n) is 3.17. The highest BCUT2D eigenvalue weighted by Crippen LogP contribution is 2.35. The van der Waals surface area contributed by atoms with Crippen LogP contribution in [-0.2, 0) is 0 Å². The molecule has 0 unspecified atom stereocenters. The van der Waals surface area contributed by atoms with Gasteiger partial charge in [0.05, 0.1) is 4.92 Å². The van der Waals surface area contributed by atoms with Crippen LogP contribution < -0.4 is 10.2 Å². The molecule has 2 fully saturated rings. The van der Waals surface area contributed by atoms with Gasteiger partial charge in [0, 0.05) is 43.5 Å². The van der Waals surface area contributed by atoms with Crippen molar-refractivity contribution in [3.63, 3.8) is 0 Å². The third kappa shape index (κ3) is 1.75. The second-order valence-electron chi connectivity index (χ2n) is 5.20. The molecule has 2 atom stereocenters. The molecule has 0 aliphatic carbocycles. The van der Waals surface area contributed by atoms with Crippen LogP contribution in [0.2, 0.25) is 0 Å². The van der Waals surface area contributed by atoms with Gasteiger partial charge in [0.1, 0.15) is 0 Å². The van der Waals surface area contributed by atoms with Gasteiger partial charge in [-0.3, -0.25) is 10.1 Å². The van der Waals surface area contributed by atoms with Crippen molar-refractivity contribution in [1.82, 2.24) is 5.32 Å². The molecule has 1 aromatic rings. The van der Waals surface area contributed by atoms with Crippen molar-refractivity contribution in [1.29, 1.82) is 0 Å². The second-order valence-corrected chi connectivity index (χ2v) is 5.20. The molecule has 0 saturated carbocycles. The molecule has 18 heavy (non-hydrogen) atoms. The molecule has 0 radical (unpaired) electrons. The van der Waals surface area contributed by atoms with Gasteiger partial charge in [0.15, 0.2) is 0 Å². The third-order valence-electron chi connectivity index (χ3n) is 4.16. The second kappa shape index (κ2) is 4.24. The molecular formula is C13H17N3O2. The number of nitro benzene ring substituents is 1. The van der Waals surface area contributed by atoms with E-state index in [0.29, 0.717) is 12.0 Å². The Morgan fingerprint density at radius 3 is 3.06 bits per heavy atom. The van der Waals surface area contributed by atoms with Gasteiger partial charge in [-0.2, -0.15) is 0 Å². The summed E-state index contributed by atoms with van der Waals surface area (Å²) >= 11 is 0. The topological polar surface area (TPSA) is 58.4 Å². The normalized spacial score (nSPS) is 26.4. The van der Waals surface area contributed by atoms with E-state index >= 15 is 0 Å². The molecule has 2 aliphatic rings. The van der Waals surface area contributed by atoms with Crippen molar-refractivity contribution < 1.29 is 4.92 Å². The van der Waals surface area contributed by atoms with Crippen molar-refractivity contribution in [2.75, 3.05) is 24.5 Å². The van der Waals surface area contributed by atoms with Crippen LogP contribution in [-0.4, -0.2) is 30.6 Å². The third-order valence-corrected chi connectivity index (χ3v) is 4.16. The molecule has 0 spiro atoms. The van der Waals surface area contributed by atoms with Gasteiger partial charge in [-0.05, 0) is 24.8 Å². The number of benzene rings is 1. The zero-order valence-corrected chi connectivity index (χ0v) is 10.4. The van der Waals surface area contributed by atoms with Crippen molar-refractivity contribution in [3.8, 4) is 0 Å². The van der Waals surface area contributed by atoms with Crippen LogP contribution in [0.4, 0.5) is 11.4 Å². The lowest BCUT2D eigenvalue weighted by Gasteiger charge is -2.27. The predicted molar refractivity (Wildman–Crippen MR) is 69.9 cm³/mol. The van der Waals surface area contributed by atoms with Crippen LogP contribution in [0.5, 0.6) is 0 Å². The summed E-state index contributed by atoms with van der Waals surface area (Å²) in [5.41, 5.74) is 2.33. The zero-order valence-electron chi connectivity index (χ0n) is 10.4. The summed E-state index contributed by atoms with van der Waals surface area (Å²) in [6, 6.07) is 5.66. The SMILES string of the molecule is Cc1ccc([N+](=O)[O-])cc1N1CC[C@H]2CNC[C@H]21. The lowest BCUT2D eigenvalue weighted by molar-refractivity contribution is -0.384. The standard InChI is InChI=1S/C13H17N3O2/c1-9-2-3-11(16(17)18)6-12(9)15-5-4-10-7-14-8-13(10)15/h2-3,6,10,13-14H,4-5,7-8H2,1H3/t10-,13+/m0/s1. The van der Waals surface area contributed by atoms with Crippen LogP contribution in [0.15, 0.2) is 18.2 Å². The summed E-state index contributed by atoms with van der Waals surface area (Å²) in [5.74, 6) is 0.698. The van der Waals surface area contributed by atoms with Gasteiger partial charge in [-0.1, -0.05) is 6.07 Å². The smallest absolute Gasteiger partial charge is 0.271 e. The highest BCUT2D eigenvalue weighted by atomic mass is 16.6. The summed E-state index contributed by atoms with van der Waals surface area (Å²) in [6.07, 6.45) is 1.18. The Labute approximate surface area is 106 Å². The van der Waals surface area contributed by atoms with E-state index in [1.807, 2.05) is 13.0 Å². The number of aryl methyl sites for hydroxylation is 1. The molecule has 0 bridgehead atoms. The van der Waals surface area contributed by atoms with Gasteiger partial charge in [0.2, 0.25) is 0 Å². The lowest BCUT2D eigenvalue weighted by atomic mass is 10.0. The summed E-state index contributed by atoms with van der Waals surface area (Å²) in [4.78, 5) is 12.9. The average molecular weight is 247 g/mol. The Kier molecular flexibility index (Phi) is 2.70. The average Bonchev–Trinajstić information content (AvgIpc) is 2.91. The molecule has 1 aromatic carbocycles. The largest absolute Gasteiger partial charge is 0.367 e. The number of hydrogen-bond donors (Lipinski definition) is 1. The van der Waals surface area contributed by atoms with Crippen LogP contribution in [0.1, 0.15) is 12.0 Å². The summed E-state index contributed by atoms with van der Waals surface area (Å²) in [6.45, 7) is 5.11. The van der Waals surface area contributed by atoms with E-state index in [1.165, 1.54) is 6.42 Å². The van der Waals surface area contributed by atoms with Gasteiger partial charge in [0.25, 0.3) is 5.69 Å². The number of nitrogens with one attached hydrogen (secondary N) is 1. The van der Waals surface area contributed by atoms with E-state index in [1.54, 1.807) is 12.1 Å². The van der Waals surface area contributed by atoms with Crippen molar-refractivity contribution in [2.45, 2.75) is 19.4 Å². The quantitative estimate of drug-likeness (QED) is 0.638. The van der Waals surface area contributed by atoms with Crippen LogP contribution in [0.3, 0.4) is 0 Å².